The molecule has 50 heavy (non-hydrogen) atoms. The fourth-order valence-corrected chi connectivity index (χ4v) is 5.61. The maximum atomic E-state index is 5.18. The Hall–Kier alpha value is -6.12. The van der Waals surface area contributed by atoms with Gasteiger partial charge in [-0.25, -0.2) is 0 Å². The summed E-state index contributed by atoms with van der Waals surface area (Å²) < 4.78 is 0. The number of allylic oxidation sites excluding steroid dienone is 10. The molecule has 2 nitrogen and oxygen atoms in total. The molecular weight excluding hydrogens is 605 g/mol. The van der Waals surface area contributed by atoms with Gasteiger partial charge in [0.15, 0.2) is 0 Å². The molecule has 0 N–H and O–H groups in total. The Morgan fingerprint density at radius 2 is 1.26 bits per heavy atom. The normalized spacial score (nSPS) is 12.3. The van der Waals surface area contributed by atoms with E-state index in [4.69, 9.17) is 4.99 Å². The predicted octanol–water partition coefficient (Wildman–Crippen LogP) is 13.2. The van der Waals surface area contributed by atoms with Crippen molar-refractivity contribution >= 4 is 40.0 Å². The van der Waals surface area contributed by atoms with Crippen LogP contribution in [0.3, 0.4) is 0 Å². The number of hydrogen-bond acceptors (Lipinski definition) is 2. The highest BCUT2D eigenvalue weighted by Crippen LogP contribution is 2.29. The molecule has 0 aromatic heterocycles. The van der Waals surface area contributed by atoms with E-state index in [2.05, 4.69) is 159 Å². The largest absolute Gasteiger partial charge is 0.280 e. The Kier molecular flexibility index (Phi) is 14.0. The Balaban J connectivity index is 0.00000181. The van der Waals surface area contributed by atoms with Gasteiger partial charge in [-0.05, 0) is 94.9 Å². The van der Waals surface area contributed by atoms with E-state index in [1.807, 2.05) is 51.2 Å². The first kappa shape index (κ1) is 36.7. The van der Waals surface area contributed by atoms with Gasteiger partial charge in [-0.1, -0.05) is 165 Å². The van der Waals surface area contributed by atoms with Crippen molar-refractivity contribution in [2.45, 2.75) is 27.3 Å². The van der Waals surface area contributed by atoms with Crippen molar-refractivity contribution in [2.75, 3.05) is 0 Å². The van der Waals surface area contributed by atoms with E-state index in [0.717, 1.165) is 50.4 Å². The van der Waals surface area contributed by atoms with E-state index < -0.39 is 0 Å². The van der Waals surface area contributed by atoms with E-state index in [0.29, 0.717) is 6.54 Å². The minimum absolute atomic E-state index is 0.513. The first-order chi connectivity index (χ1) is 24.5. The van der Waals surface area contributed by atoms with Crippen molar-refractivity contribution in [3.63, 3.8) is 0 Å². The van der Waals surface area contributed by atoms with Gasteiger partial charge < -0.3 is 0 Å². The van der Waals surface area contributed by atoms with Gasteiger partial charge in [0.05, 0.1) is 18.0 Å². The molecule has 2 heteroatoms. The summed E-state index contributed by atoms with van der Waals surface area (Å²) in [6, 6.07) is 40.4. The number of fused-ring (bicyclic) bond motifs is 1. The Labute approximate surface area is 299 Å². The van der Waals surface area contributed by atoms with Gasteiger partial charge in [-0.3, -0.25) is 9.98 Å². The van der Waals surface area contributed by atoms with Crippen molar-refractivity contribution in [3.05, 3.63) is 211 Å². The maximum absolute atomic E-state index is 5.18. The van der Waals surface area contributed by atoms with E-state index >= 15 is 0 Å². The molecule has 248 valence electrons. The minimum atomic E-state index is 0.513. The third kappa shape index (κ3) is 9.49. The quantitative estimate of drug-likeness (QED) is 0.0729. The number of rotatable bonds is 12. The van der Waals surface area contributed by atoms with Crippen LogP contribution in [0.25, 0.3) is 38.7 Å². The third-order valence-electron chi connectivity index (χ3n) is 8.15. The number of nitrogens with zero attached hydrogens (tertiary/aromatic N) is 2. The zero-order chi connectivity index (χ0) is 35.7. The molecule has 0 aliphatic carbocycles. The highest BCUT2D eigenvalue weighted by Gasteiger charge is 2.09. The van der Waals surface area contributed by atoms with E-state index in [-0.39, 0.29) is 0 Å². The van der Waals surface area contributed by atoms with E-state index in [1.54, 1.807) is 6.08 Å². The summed E-state index contributed by atoms with van der Waals surface area (Å²) in [6.07, 6.45) is 15.7. The Morgan fingerprint density at radius 1 is 0.660 bits per heavy atom. The summed E-state index contributed by atoms with van der Waals surface area (Å²) in [7, 11) is 0. The van der Waals surface area contributed by atoms with Gasteiger partial charge in [0.1, 0.15) is 0 Å². The molecule has 0 unspecified atom stereocenters. The SMILES string of the molecule is C=C/C(=C\C=C/C)c1ccc(C(/C=C(\N=C)c2ccc(/C(C=C)=C/C)cc2)=NCc2cccc(-c3cccc4ccccc34)c2)cc1.C=CC. The smallest absolute Gasteiger partial charge is 0.0716 e. The standard InChI is InChI=1S/C45H40N2.C3H6/c1-6-10-16-35(9-4)37-24-28-40(29-25-37)45(31-44(46-5)39-26-22-36(23-27-39)34(7-2)8-3)47-32-33-15-13-19-41(30-33)43-21-14-18-38-17-11-12-20-42(38)43;1-3-2/h6-31H,2,4-5,32H2,1,3H3;3H,1H2,2H3/b10-6-,34-8+,35-16+,44-31-,47-45?;. The molecule has 0 spiro atoms. The second kappa shape index (κ2) is 19.0. The third-order valence-corrected chi connectivity index (χ3v) is 8.15. The number of benzene rings is 5. The van der Waals surface area contributed by atoms with Crippen molar-refractivity contribution < 1.29 is 0 Å². The Morgan fingerprint density at radius 3 is 1.90 bits per heavy atom. The molecule has 0 aliphatic heterocycles. The van der Waals surface area contributed by atoms with Crippen LogP contribution in [0.5, 0.6) is 0 Å². The molecule has 0 atom stereocenters. The molecule has 0 fully saturated rings. The average Bonchev–Trinajstić information content (AvgIpc) is 3.16. The van der Waals surface area contributed by atoms with Crippen LogP contribution < -0.4 is 0 Å². The van der Waals surface area contributed by atoms with Crippen LogP contribution in [-0.2, 0) is 6.54 Å². The molecule has 0 bridgehead atoms. The number of aliphatic imine (C=N–C) groups is 2. The van der Waals surface area contributed by atoms with Crippen LogP contribution in [0.4, 0.5) is 0 Å². The summed E-state index contributed by atoms with van der Waals surface area (Å²) in [4.78, 5) is 9.61. The summed E-state index contributed by atoms with van der Waals surface area (Å²) >= 11 is 0. The van der Waals surface area contributed by atoms with E-state index in [1.165, 1.54) is 21.9 Å². The predicted molar refractivity (Wildman–Crippen MR) is 223 cm³/mol. The minimum Gasteiger partial charge on any atom is -0.280 e. The van der Waals surface area contributed by atoms with Gasteiger partial charge in [-0.2, -0.15) is 0 Å². The van der Waals surface area contributed by atoms with E-state index in [9.17, 15) is 0 Å². The second-order valence-corrected chi connectivity index (χ2v) is 11.5. The van der Waals surface area contributed by atoms with Crippen LogP contribution in [0.1, 0.15) is 48.6 Å². The van der Waals surface area contributed by atoms with Crippen molar-refractivity contribution in [1.29, 1.82) is 0 Å². The molecule has 0 saturated heterocycles. The lowest BCUT2D eigenvalue weighted by Crippen LogP contribution is -2.01. The average molecular weight is 651 g/mol. The summed E-state index contributed by atoms with van der Waals surface area (Å²) in [5, 5.41) is 2.47. The molecule has 0 aliphatic rings. The first-order valence-electron chi connectivity index (χ1n) is 16.8. The fraction of sp³-hybridized carbons (Fsp3) is 0.0833. The summed E-state index contributed by atoms with van der Waals surface area (Å²) in [5.74, 6) is 0. The topological polar surface area (TPSA) is 24.7 Å². The molecule has 5 aromatic carbocycles. The zero-order valence-corrected chi connectivity index (χ0v) is 29.5. The molecule has 0 heterocycles. The zero-order valence-electron chi connectivity index (χ0n) is 29.5. The summed E-state index contributed by atoms with van der Waals surface area (Å²) in [6.45, 7) is 21.6. The molecule has 5 aromatic rings. The first-order valence-corrected chi connectivity index (χ1v) is 16.8. The van der Waals surface area contributed by atoms with Gasteiger partial charge in [0, 0.05) is 5.56 Å². The van der Waals surface area contributed by atoms with Crippen LogP contribution in [-0.4, -0.2) is 12.4 Å². The number of hydrogen-bond donors (Lipinski definition) is 0. The molecular formula is C48H46N2. The van der Waals surface area contributed by atoms with Gasteiger partial charge in [0.25, 0.3) is 0 Å². The lowest BCUT2D eigenvalue weighted by atomic mass is 9.97. The van der Waals surface area contributed by atoms with Crippen molar-refractivity contribution in [2.24, 2.45) is 9.98 Å². The molecule has 0 amide bonds. The van der Waals surface area contributed by atoms with Gasteiger partial charge in [0.2, 0.25) is 0 Å². The van der Waals surface area contributed by atoms with Crippen LogP contribution >= 0.6 is 0 Å². The van der Waals surface area contributed by atoms with Crippen molar-refractivity contribution in [1.82, 2.24) is 0 Å². The van der Waals surface area contributed by atoms with Crippen LogP contribution in [0, 0.1) is 0 Å². The monoisotopic (exact) mass is 650 g/mol. The van der Waals surface area contributed by atoms with Crippen molar-refractivity contribution in [3.8, 4) is 11.1 Å². The maximum Gasteiger partial charge on any atom is 0.0716 e. The fourth-order valence-electron chi connectivity index (χ4n) is 5.61. The van der Waals surface area contributed by atoms with Gasteiger partial charge >= 0.3 is 0 Å². The molecule has 5 rings (SSSR count). The lowest BCUT2D eigenvalue weighted by Gasteiger charge is -2.10. The lowest BCUT2D eigenvalue weighted by molar-refractivity contribution is 1.07. The van der Waals surface area contributed by atoms with Crippen LogP contribution in [0.2, 0.25) is 0 Å². The van der Waals surface area contributed by atoms with Crippen LogP contribution in [0.15, 0.2) is 194 Å². The molecule has 0 saturated carbocycles. The molecule has 0 radical (unpaired) electrons. The second-order valence-electron chi connectivity index (χ2n) is 11.5. The summed E-state index contributed by atoms with van der Waals surface area (Å²) in [5.41, 5.74) is 11.4. The Bertz CT molecular complexity index is 2090. The van der Waals surface area contributed by atoms with Gasteiger partial charge in [-0.15, -0.1) is 6.58 Å². The highest BCUT2D eigenvalue weighted by molar-refractivity contribution is 6.12. The highest BCUT2D eigenvalue weighted by atomic mass is 14.8.